The van der Waals surface area contributed by atoms with Crippen molar-refractivity contribution in [2.45, 2.75) is 30.8 Å². The van der Waals surface area contributed by atoms with E-state index in [0.717, 1.165) is 16.9 Å². The number of carbonyl (C=O) groups is 1. The van der Waals surface area contributed by atoms with Gasteiger partial charge in [-0.3, -0.25) is 0 Å². The lowest BCUT2D eigenvalue weighted by Gasteiger charge is -2.28. The van der Waals surface area contributed by atoms with Crippen molar-refractivity contribution in [1.29, 1.82) is 0 Å². The molecule has 0 amide bonds. The molecule has 1 N–H and O–H groups in total. The Morgan fingerprint density at radius 2 is 1.91 bits per heavy atom. The molecule has 166 valence electrons. The number of thioether (sulfide) groups is 1. The molecule has 7 nitrogen and oxygen atoms in total. The molecular formula is C23H23FN4O3S. The van der Waals surface area contributed by atoms with E-state index in [4.69, 9.17) is 9.47 Å². The minimum absolute atomic E-state index is 0.270. The second kappa shape index (κ2) is 9.44. The summed E-state index contributed by atoms with van der Waals surface area (Å²) in [5, 5.41) is 8.40. The zero-order chi connectivity index (χ0) is 22.7. The molecule has 32 heavy (non-hydrogen) atoms. The van der Waals surface area contributed by atoms with E-state index in [2.05, 4.69) is 15.4 Å². The van der Waals surface area contributed by atoms with Gasteiger partial charge in [0.15, 0.2) is 0 Å². The molecule has 1 aliphatic rings. The number of halogens is 1. The second-order valence-electron chi connectivity index (χ2n) is 7.14. The first-order valence-electron chi connectivity index (χ1n) is 10.1. The van der Waals surface area contributed by atoms with Crippen molar-refractivity contribution < 1.29 is 18.7 Å². The number of nitrogens with one attached hydrogen (secondary N) is 1. The maximum atomic E-state index is 13.2. The molecule has 9 heteroatoms. The summed E-state index contributed by atoms with van der Waals surface area (Å²) in [6.45, 7) is 3.87. The number of hydrogen-bond donors (Lipinski definition) is 1. The lowest BCUT2D eigenvalue weighted by atomic mass is 9.96. The summed E-state index contributed by atoms with van der Waals surface area (Å²) in [6, 6.07) is 13.3. The molecule has 0 saturated carbocycles. The van der Waals surface area contributed by atoms with Gasteiger partial charge in [0.1, 0.15) is 17.6 Å². The van der Waals surface area contributed by atoms with Gasteiger partial charge >= 0.3 is 5.97 Å². The van der Waals surface area contributed by atoms with Crippen LogP contribution in [-0.4, -0.2) is 34.5 Å². The van der Waals surface area contributed by atoms with Crippen LogP contribution in [-0.2, 0) is 15.3 Å². The summed E-state index contributed by atoms with van der Waals surface area (Å²) in [6.07, 6.45) is 0. The molecule has 0 bridgehead atoms. The molecule has 4 rings (SSSR count). The van der Waals surface area contributed by atoms with Crippen molar-refractivity contribution >= 4 is 23.7 Å². The van der Waals surface area contributed by atoms with E-state index < -0.39 is 12.0 Å². The van der Waals surface area contributed by atoms with Crippen molar-refractivity contribution in [3.63, 3.8) is 0 Å². The fourth-order valence-corrected chi connectivity index (χ4v) is 4.27. The third kappa shape index (κ3) is 4.47. The van der Waals surface area contributed by atoms with E-state index in [1.807, 2.05) is 31.2 Å². The molecule has 0 spiro atoms. The maximum Gasteiger partial charge on any atom is 0.338 e. The van der Waals surface area contributed by atoms with Gasteiger partial charge < -0.3 is 14.8 Å². The Labute approximate surface area is 189 Å². The number of allylic oxidation sites excluding steroid dienone is 1. The van der Waals surface area contributed by atoms with E-state index in [1.54, 1.807) is 30.8 Å². The predicted molar refractivity (Wildman–Crippen MR) is 120 cm³/mol. The van der Waals surface area contributed by atoms with Crippen LogP contribution >= 0.6 is 11.8 Å². The minimum atomic E-state index is -0.496. The van der Waals surface area contributed by atoms with Crippen LogP contribution in [0.25, 0.3) is 0 Å². The average molecular weight is 455 g/mol. The second-order valence-corrected chi connectivity index (χ2v) is 8.08. The molecule has 0 aliphatic carbocycles. The number of nitrogens with zero attached hydrogens (tertiary/aromatic N) is 3. The van der Waals surface area contributed by atoms with Crippen molar-refractivity contribution in [3.8, 4) is 5.75 Å². The maximum absolute atomic E-state index is 13.2. The molecule has 3 aromatic rings. The van der Waals surface area contributed by atoms with Gasteiger partial charge in [-0.1, -0.05) is 36.0 Å². The van der Waals surface area contributed by atoms with Crippen LogP contribution in [0.4, 0.5) is 10.3 Å². The Kier molecular flexibility index (Phi) is 6.45. The number of aromatic nitrogens is 3. The number of anilines is 1. The normalized spacial score (nSPS) is 15.2. The van der Waals surface area contributed by atoms with Crippen LogP contribution in [0.3, 0.4) is 0 Å². The van der Waals surface area contributed by atoms with Crippen LogP contribution in [0.5, 0.6) is 5.75 Å². The minimum Gasteiger partial charge on any atom is -0.497 e. The highest BCUT2D eigenvalue weighted by atomic mass is 32.2. The molecule has 0 saturated heterocycles. The van der Waals surface area contributed by atoms with Crippen molar-refractivity contribution in [2.75, 3.05) is 19.0 Å². The van der Waals surface area contributed by atoms with Crippen molar-refractivity contribution in [2.24, 2.45) is 0 Å². The number of ether oxygens (including phenoxy) is 2. The number of carbonyl (C=O) groups excluding carboxylic acids is 1. The first kappa shape index (κ1) is 21.9. The highest BCUT2D eigenvalue weighted by Crippen LogP contribution is 2.37. The zero-order valence-corrected chi connectivity index (χ0v) is 18.8. The van der Waals surface area contributed by atoms with E-state index in [0.29, 0.717) is 28.1 Å². The first-order valence-corrected chi connectivity index (χ1v) is 11.1. The summed E-state index contributed by atoms with van der Waals surface area (Å²) in [5.41, 5.74) is 2.96. The molecular weight excluding hydrogens is 431 g/mol. The van der Waals surface area contributed by atoms with Crippen LogP contribution in [0.15, 0.2) is 65.0 Å². The van der Waals surface area contributed by atoms with Gasteiger partial charge in [0.25, 0.3) is 0 Å². The Morgan fingerprint density at radius 3 is 2.56 bits per heavy atom. The van der Waals surface area contributed by atoms with Gasteiger partial charge in [0, 0.05) is 11.4 Å². The third-order valence-electron chi connectivity index (χ3n) is 5.04. The molecule has 1 aromatic heterocycles. The molecule has 0 unspecified atom stereocenters. The molecule has 2 aromatic carbocycles. The number of fused-ring (bicyclic) bond motifs is 1. The molecule has 2 heterocycles. The fourth-order valence-electron chi connectivity index (χ4n) is 3.49. The molecule has 0 radical (unpaired) electrons. The Bertz CT molecular complexity index is 1140. The van der Waals surface area contributed by atoms with Gasteiger partial charge in [-0.2, -0.15) is 4.98 Å². The Hall–Kier alpha value is -3.33. The number of methoxy groups -OCH3 is 1. The lowest BCUT2D eigenvalue weighted by molar-refractivity contribution is -0.139. The van der Waals surface area contributed by atoms with Crippen LogP contribution in [0.2, 0.25) is 0 Å². The van der Waals surface area contributed by atoms with Gasteiger partial charge in [-0.25, -0.2) is 13.9 Å². The number of benzene rings is 2. The highest BCUT2D eigenvalue weighted by Gasteiger charge is 2.35. The number of esters is 1. The summed E-state index contributed by atoms with van der Waals surface area (Å²) >= 11 is 1.44. The van der Waals surface area contributed by atoms with Crippen LogP contribution < -0.4 is 10.1 Å². The van der Waals surface area contributed by atoms with Crippen molar-refractivity contribution in [1.82, 2.24) is 14.8 Å². The fraction of sp³-hybridized carbons (Fsp3) is 0.261. The Morgan fingerprint density at radius 1 is 1.19 bits per heavy atom. The highest BCUT2D eigenvalue weighted by molar-refractivity contribution is 7.98. The van der Waals surface area contributed by atoms with Crippen molar-refractivity contribution in [3.05, 3.63) is 76.7 Å². The monoisotopic (exact) mass is 454 g/mol. The predicted octanol–water partition coefficient (Wildman–Crippen LogP) is 4.57. The quantitative estimate of drug-likeness (QED) is 0.414. The SMILES string of the molecule is CCOC(=O)C1=C(C)Nc2nc(SCc3ccc(F)cc3)nn2[C@H]1c1ccc(OC)cc1. The van der Waals surface area contributed by atoms with Gasteiger partial charge in [-0.05, 0) is 49.2 Å². The first-order chi connectivity index (χ1) is 15.5. The van der Waals surface area contributed by atoms with Crippen LogP contribution in [0, 0.1) is 5.82 Å². The largest absolute Gasteiger partial charge is 0.497 e. The van der Waals surface area contributed by atoms with E-state index >= 15 is 0 Å². The molecule has 1 aliphatic heterocycles. The third-order valence-corrected chi connectivity index (χ3v) is 5.95. The van der Waals surface area contributed by atoms with Gasteiger partial charge in [0.05, 0.1) is 19.3 Å². The standard InChI is InChI=1S/C23H23FN4O3S/c1-4-31-21(29)19-14(2)25-22-26-23(32-13-15-5-9-17(24)10-6-15)27-28(22)20(19)16-7-11-18(30-3)12-8-16/h5-12,20H,4,13H2,1-3H3,(H,25,26,27)/t20-/m0/s1. The summed E-state index contributed by atoms with van der Waals surface area (Å²) in [5.74, 6) is 1.18. The van der Waals surface area contributed by atoms with Crippen LogP contribution in [0.1, 0.15) is 31.0 Å². The topological polar surface area (TPSA) is 78.3 Å². The zero-order valence-electron chi connectivity index (χ0n) is 18.0. The lowest BCUT2D eigenvalue weighted by Crippen LogP contribution is -2.29. The molecule has 1 atom stereocenters. The summed E-state index contributed by atoms with van der Waals surface area (Å²) < 4.78 is 25.5. The molecule has 0 fully saturated rings. The average Bonchev–Trinajstić information content (AvgIpc) is 3.20. The number of hydrogen-bond acceptors (Lipinski definition) is 7. The van der Waals surface area contributed by atoms with Gasteiger partial charge in [-0.15, -0.1) is 5.10 Å². The number of rotatable bonds is 7. The smallest absolute Gasteiger partial charge is 0.338 e. The van der Waals surface area contributed by atoms with Gasteiger partial charge in [0.2, 0.25) is 11.1 Å². The Balaban J connectivity index is 1.68. The summed E-state index contributed by atoms with van der Waals surface area (Å²) in [4.78, 5) is 17.4. The van der Waals surface area contributed by atoms with E-state index in [-0.39, 0.29) is 12.4 Å². The van der Waals surface area contributed by atoms with E-state index in [9.17, 15) is 9.18 Å². The van der Waals surface area contributed by atoms with E-state index in [1.165, 1.54) is 23.9 Å². The summed E-state index contributed by atoms with van der Waals surface area (Å²) in [7, 11) is 1.60.